The first-order valence-corrected chi connectivity index (χ1v) is 5.56. The molecule has 1 N–H and O–H groups in total. The van der Waals surface area contributed by atoms with Crippen molar-refractivity contribution in [2.45, 2.75) is 39.2 Å². The zero-order valence-electron chi connectivity index (χ0n) is 10.0. The van der Waals surface area contributed by atoms with E-state index < -0.39 is 5.97 Å². The Balaban J connectivity index is 3.84. The van der Waals surface area contributed by atoms with E-state index >= 15 is 0 Å². The second kappa shape index (κ2) is 8.68. The highest BCUT2D eigenvalue weighted by Gasteiger charge is 2.11. The van der Waals surface area contributed by atoms with Gasteiger partial charge < -0.3 is 9.84 Å². The first kappa shape index (κ1) is 14.4. The molecule has 0 fully saturated rings. The van der Waals surface area contributed by atoms with Gasteiger partial charge in [-0.1, -0.05) is 6.92 Å². The molecule has 0 spiro atoms. The van der Waals surface area contributed by atoms with Crippen LogP contribution < -0.4 is 0 Å². The SMILES string of the molecule is CCC(C)N(CCCC(=O)O)CCOC. The van der Waals surface area contributed by atoms with E-state index in [-0.39, 0.29) is 6.42 Å². The summed E-state index contributed by atoms with van der Waals surface area (Å²) in [7, 11) is 1.69. The summed E-state index contributed by atoms with van der Waals surface area (Å²) in [6, 6.07) is 0.494. The Morgan fingerprint density at radius 2 is 2.13 bits per heavy atom. The normalized spacial score (nSPS) is 13.1. The van der Waals surface area contributed by atoms with Gasteiger partial charge in [0, 0.05) is 26.1 Å². The van der Waals surface area contributed by atoms with Gasteiger partial charge in [0.15, 0.2) is 0 Å². The van der Waals surface area contributed by atoms with E-state index in [1.165, 1.54) is 0 Å². The van der Waals surface area contributed by atoms with E-state index in [9.17, 15) is 4.79 Å². The average Bonchev–Trinajstić information content (AvgIpc) is 2.21. The van der Waals surface area contributed by atoms with Crippen LogP contribution in [0.4, 0.5) is 0 Å². The van der Waals surface area contributed by atoms with E-state index in [1.807, 2.05) is 0 Å². The van der Waals surface area contributed by atoms with Gasteiger partial charge in [-0.05, 0) is 26.3 Å². The van der Waals surface area contributed by atoms with Crippen LogP contribution in [0, 0.1) is 0 Å². The van der Waals surface area contributed by atoms with E-state index in [2.05, 4.69) is 18.7 Å². The summed E-state index contributed by atoms with van der Waals surface area (Å²) < 4.78 is 5.04. The van der Waals surface area contributed by atoms with Crippen molar-refractivity contribution in [3.63, 3.8) is 0 Å². The van der Waals surface area contributed by atoms with Crippen molar-refractivity contribution in [1.29, 1.82) is 0 Å². The van der Waals surface area contributed by atoms with Gasteiger partial charge >= 0.3 is 5.97 Å². The molecule has 0 bridgehead atoms. The second-order valence-electron chi connectivity index (χ2n) is 3.78. The summed E-state index contributed by atoms with van der Waals surface area (Å²) in [4.78, 5) is 12.7. The number of hydrogen-bond acceptors (Lipinski definition) is 3. The minimum absolute atomic E-state index is 0.250. The third-order valence-corrected chi connectivity index (χ3v) is 2.63. The molecule has 0 aliphatic rings. The molecule has 0 radical (unpaired) electrons. The molecule has 90 valence electrons. The average molecular weight is 217 g/mol. The van der Waals surface area contributed by atoms with Crippen molar-refractivity contribution >= 4 is 5.97 Å². The molecule has 0 aliphatic heterocycles. The third kappa shape index (κ3) is 7.33. The molecule has 0 saturated heterocycles. The van der Waals surface area contributed by atoms with E-state index in [0.29, 0.717) is 19.1 Å². The maximum atomic E-state index is 10.4. The van der Waals surface area contributed by atoms with Crippen molar-refractivity contribution in [3.8, 4) is 0 Å². The van der Waals surface area contributed by atoms with Gasteiger partial charge in [-0.25, -0.2) is 0 Å². The highest BCUT2D eigenvalue weighted by Crippen LogP contribution is 2.05. The first-order valence-electron chi connectivity index (χ1n) is 5.56. The van der Waals surface area contributed by atoms with Crippen LogP contribution >= 0.6 is 0 Å². The summed E-state index contributed by atoms with van der Waals surface area (Å²) in [5.74, 6) is -0.717. The molecule has 0 amide bonds. The maximum Gasteiger partial charge on any atom is 0.303 e. The Bertz CT molecular complexity index is 173. The lowest BCUT2D eigenvalue weighted by molar-refractivity contribution is -0.137. The van der Waals surface area contributed by atoms with Gasteiger partial charge in [0.25, 0.3) is 0 Å². The molecule has 0 aromatic rings. The lowest BCUT2D eigenvalue weighted by Gasteiger charge is -2.27. The Morgan fingerprint density at radius 1 is 1.47 bits per heavy atom. The number of ether oxygens (including phenoxy) is 1. The fourth-order valence-electron chi connectivity index (χ4n) is 1.45. The van der Waals surface area contributed by atoms with Crippen molar-refractivity contribution in [2.75, 3.05) is 26.8 Å². The van der Waals surface area contributed by atoms with Crippen LogP contribution in [0.2, 0.25) is 0 Å². The largest absolute Gasteiger partial charge is 0.481 e. The molecule has 4 heteroatoms. The summed E-state index contributed by atoms with van der Waals surface area (Å²) in [6.45, 7) is 6.73. The fourth-order valence-corrected chi connectivity index (χ4v) is 1.45. The fraction of sp³-hybridized carbons (Fsp3) is 0.909. The van der Waals surface area contributed by atoms with Crippen LogP contribution in [0.5, 0.6) is 0 Å². The predicted molar refractivity (Wildman–Crippen MR) is 60.1 cm³/mol. The van der Waals surface area contributed by atoms with Crippen LogP contribution in [-0.4, -0.2) is 48.8 Å². The second-order valence-corrected chi connectivity index (χ2v) is 3.78. The van der Waals surface area contributed by atoms with Crippen molar-refractivity contribution < 1.29 is 14.6 Å². The van der Waals surface area contributed by atoms with Crippen molar-refractivity contribution in [2.24, 2.45) is 0 Å². The Hall–Kier alpha value is -0.610. The minimum atomic E-state index is -0.717. The van der Waals surface area contributed by atoms with Crippen LogP contribution in [0.15, 0.2) is 0 Å². The smallest absolute Gasteiger partial charge is 0.303 e. The van der Waals surface area contributed by atoms with Crippen LogP contribution in [0.25, 0.3) is 0 Å². The standard InChI is InChI=1S/C11H23NO3/c1-4-10(2)12(8-9-15-3)7-5-6-11(13)14/h10H,4-9H2,1-3H3,(H,13,14). The number of carbonyl (C=O) groups is 1. The van der Waals surface area contributed by atoms with Gasteiger partial charge in [0.1, 0.15) is 0 Å². The lowest BCUT2D eigenvalue weighted by atomic mass is 10.2. The zero-order valence-corrected chi connectivity index (χ0v) is 10.0. The molecule has 0 aliphatic carbocycles. The molecule has 0 rings (SSSR count). The van der Waals surface area contributed by atoms with E-state index in [1.54, 1.807) is 7.11 Å². The van der Waals surface area contributed by atoms with E-state index in [0.717, 1.165) is 19.5 Å². The molecule has 0 aromatic carbocycles. The lowest BCUT2D eigenvalue weighted by Crippen LogP contribution is -2.36. The van der Waals surface area contributed by atoms with E-state index in [4.69, 9.17) is 9.84 Å². The summed E-state index contributed by atoms with van der Waals surface area (Å²) in [5, 5.41) is 8.56. The molecule has 0 heterocycles. The van der Waals surface area contributed by atoms with Gasteiger partial charge in [0.2, 0.25) is 0 Å². The molecule has 1 atom stereocenters. The Labute approximate surface area is 92.2 Å². The van der Waals surface area contributed by atoms with Crippen molar-refractivity contribution in [1.82, 2.24) is 4.90 Å². The van der Waals surface area contributed by atoms with Crippen LogP contribution in [-0.2, 0) is 9.53 Å². The van der Waals surface area contributed by atoms with Gasteiger partial charge in [0.05, 0.1) is 6.61 Å². The maximum absolute atomic E-state index is 10.4. The van der Waals surface area contributed by atoms with Crippen LogP contribution in [0.1, 0.15) is 33.1 Å². The van der Waals surface area contributed by atoms with Gasteiger partial charge in [-0.2, -0.15) is 0 Å². The summed E-state index contributed by atoms with van der Waals surface area (Å²) in [5.41, 5.74) is 0. The molecule has 1 unspecified atom stereocenters. The molecular weight excluding hydrogens is 194 g/mol. The number of carboxylic acid groups (broad SMARTS) is 1. The minimum Gasteiger partial charge on any atom is -0.481 e. The number of aliphatic carboxylic acids is 1. The quantitative estimate of drug-likeness (QED) is 0.637. The monoisotopic (exact) mass is 217 g/mol. The zero-order chi connectivity index (χ0) is 11.7. The number of carboxylic acids is 1. The Kier molecular flexibility index (Phi) is 8.33. The molecule has 4 nitrogen and oxygen atoms in total. The predicted octanol–water partition coefficient (Wildman–Crippen LogP) is 1.60. The van der Waals surface area contributed by atoms with Crippen LogP contribution in [0.3, 0.4) is 0 Å². The highest BCUT2D eigenvalue weighted by atomic mass is 16.5. The summed E-state index contributed by atoms with van der Waals surface area (Å²) in [6.07, 6.45) is 2.04. The van der Waals surface area contributed by atoms with Gasteiger partial charge in [-0.15, -0.1) is 0 Å². The van der Waals surface area contributed by atoms with Crippen molar-refractivity contribution in [3.05, 3.63) is 0 Å². The Morgan fingerprint density at radius 3 is 2.60 bits per heavy atom. The first-order chi connectivity index (χ1) is 7.11. The topological polar surface area (TPSA) is 49.8 Å². The molecule has 0 aromatic heterocycles. The summed E-state index contributed by atoms with van der Waals surface area (Å²) >= 11 is 0. The number of methoxy groups -OCH3 is 1. The third-order valence-electron chi connectivity index (χ3n) is 2.63. The van der Waals surface area contributed by atoms with Gasteiger partial charge in [-0.3, -0.25) is 9.69 Å². The number of hydrogen-bond donors (Lipinski definition) is 1. The number of rotatable bonds is 9. The highest BCUT2D eigenvalue weighted by molar-refractivity contribution is 5.66. The molecule has 15 heavy (non-hydrogen) atoms. The number of nitrogens with zero attached hydrogens (tertiary/aromatic N) is 1. The molecular formula is C11H23NO3. The molecule has 0 saturated carbocycles.